The number of hydrogen-bond acceptors (Lipinski definition) is 3. The minimum absolute atomic E-state index is 0.0205. The normalized spacial score (nSPS) is 15.7. The second-order valence-corrected chi connectivity index (χ2v) is 7.60. The summed E-state index contributed by atoms with van der Waals surface area (Å²) in [6.07, 6.45) is 3.12. The van der Waals surface area contributed by atoms with E-state index in [0.717, 1.165) is 42.0 Å². The van der Waals surface area contributed by atoms with E-state index in [-0.39, 0.29) is 24.1 Å². The van der Waals surface area contributed by atoms with Gasteiger partial charge in [-0.05, 0) is 52.5 Å². The van der Waals surface area contributed by atoms with Crippen LogP contribution in [0.4, 0.5) is 8.78 Å². The third-order valence-electron chi connectivity index (χ3n) is 4.60. The van der Waals surface area contributed by atoms with Crippen molar-refractivity contribution in [3.05, 3.63) is 68.6 Å². The van der Waals surface area contributed by atoms with Crippen molar-refractivity contribution in [1.29, 1.82) is 0 Å². The number of piperidine rings is 1. The first-order chi connectivity index (χ1) is 12.9. The fraction of sp³-hybridized carbons (Fsp3) is 0.368. The van der Waals surface area contributed by atoms with E-state index in [9.17, 15) is 18.4 Å². The maximum absolute atomic E-state index is 13.3. The fourth-order valence-corrected chi connectivity index (χ4v) is 3.56. The average molecular weight is 440 g/mol. The van der Waals surface area contributed by atoms with Crippen LogP contribution in [0, 0.1) is 11.6 Å². The average Bonchev–Trinajstić information content (AvgIpc) is 2.63. The molecule has 8 heteroatoms. The van der Waals surface area contributed by atoms with E-state index in [1.807, 2.05) is 0 Å². The molecule has 2 heterocycles. The maximum Gasteiger partial charge on any atom is 0.251 e. The zero-order chi connectivity index (χ0) is 19.4. The number of rotatable bonds is 5. The number of hydrogen-bond donors (Lipinski definition) is 1. The van der Waals surface area contributed by atoms with Gasteiger partial charge >= 0.3 is 0 Å². The zero-order valence-corrected chi connectivity index (χ0v) is 16.2. The molecule has 1 aromatic carbocycles. The highest BCUT2D eigenvalue weighted by Gasteiger charge is 2.21. The van der Waals surface area contributed by atoms with E-state index in [4.69, 9.17) is 0 Å². The molecule has 1 N–H and O–H groups in total. The van der Waals surface area contributed by atoms with Gasteiger partial charge in [-0.25, -0.2) is 8.78 Å². The highest BCUT2D eigenvalue weighted by atomic mass is 79.9. The molecule has 0 atom stereocenters. The van der Waals surface area contributed by atoms with E-state index >= 15 is 0 Å². The topological polar surface area (TPSA) is 54.3 Å². The summed E-state index contributed by atoms with van der Waals surface area (Å²) in [5, 5.41) is 2.96. The van der Waals surface area contributed by atoms with Crippen molar-refractivity contribution in [3.8, 4) is 0 Å². The molecule has 1 aliphatic heterocycles. The number of carbonyl (C=O) groups is 1. The van der Waals surface area contributed by atoms with E-state index in [2.05, 4.69) is 26.1 Å². The van der Waals surface area contributed by atoms with Gasteiger partial charge in [0.2, 0.25) is 5.91 Å². The van der Waals surface area contributed by atoms with Gasteiger partial charge in [-0.3, -0.25) is 14.5 Å². The number of pyridine rings is 1. The van der Waals surface area contributed by atoms with Crippen LogP contribution >= 0.6 is 15.9 Å². The SMILES string of the molecule is O=C(Cn1cc(Br)ccc1=O)NC1CCN(Cc2ccc(F)c(F)c2)CC1. The number of carbonyl (C=O) groups excluding carboxylic acids is 1. The van der Waals surface area contributed by atoms with Gasteiger partial charge in [0.25, 0.3) is 5.56 Å². The number of halogens is 3. The summed E-state index contributed by atoms with van der Waals surface area (Å²) in [6.45, 7) is 2.03. The molecule has 3 rings (SSSR count). The molecule has 0 aliphatic carbocycles. The van der Waals surface area contributed by atoms with Crippen LogP contribution in [0.25, 0.3) is 0 Å². The van der Waals surface area contributed by atoms with Gasteiger partial charge in [-0.1, -0.05) is 6.07 Å². The van der Waals surface area contributed by atoms with Crippen LogP contribution in [0.5, 0.6) is 0 Å². The molecule has 1 amide bonds. The number of nitrogens with one attached hydrogen (secondary N) is 1. The molecule has 0 bridgehead atoms. The number of benzene rings is 1. The molecule has 0 radical (unpaired) electrons. The Kier molecular flexibility index (Phi) is 6.38. The number of amides is 1. The van der Waals surface area contributed by atoms with Gasteiger partial charge in [0.1, 0.15) is 6.54 Å². The first-order valence-corrected chi connectivity index (χ1v) is 9.51. The van der Waals surface area contributed by atoms with Gasteiger partial charge < -0.3 is 9.88 Å². The van der Waals surface area contributed by atoms with E-state index in [0.29, 0.717) is 6.54 Å². The van der Waals surface area contributed by atoms with Gasteiger partial charge in [-0.15, -0.1) is 0 Å². The fourth-order valence-electron chi connectivity index (χ4n) is 3.19. The predicted molar refractivity (Wildman–Crippen MR) is 101 cm³/mol. The molecule has 27 heavy (non-hydrogen) atoms. The lowest BCUT2D eigenvalue weighted by Crippen LogP contribution is -2.45. The van der Waals surface area contributed by atoms with Crippen molar-refractivity contribution in [2.45, 2.75) is 32.0 Å². The van der Waals surface area contributed by atoms with Crippen LogP contribution in [0.1, 0.15) is 18.4 Å². The number of nitrogens with zero attached hydrogens (tertiary/aromatic N) is 2. The van der Waals surface area contributed by atoms with E-state index in [1.54, 1.807) is 18.3 Å². The Hall–Kier alpha value is -2.06. The minimum atomic E-state index is -0.843. The molecule has 1 aliphatic rings. The summed E-state index contributed by atoms with van der Waals surface area (Å²) in [6, 6.07) is 7.04. The highest BCUT2D eigenvalue weighted by Crippen LogP contribution is 2.16. The Morgan fingerprint density at radius 2 is 1.89 bits per heavy atom. The Bertz CT molecular complexity index is 879. The van der Waals surface area contributed by atoms with Gasteiger partial charge in [0, 0.05) is 42.4 Å². The van der Waals surface area contributed by atoms with Crippen molar-refractivity contribution < 1.29 is 13.6 Å². The van der Waals surface area contributed by atoms with Crippen molar-refractivity contribution in [2.24, 2.45) is 0 Å². The van der Waals surface area contributed by atoms with Crippen molar-refractivity contribution in [1.82, 2.24) is 14.8 Å². The van der Waals surface area contributed by atoms with E-state index < -0.39 is 11.6 Å². The summed E-state index contributed by atoms with van der Waals surface area (Å²) >= 11 is 3.29. The second-order valence-electron chi connectivity index (χ2n) is 6.68. The zero-order valence-electron chi connectivity index (χ0n) is 14.6. The Morgan fingerprint density at radius 1 is 1.15 bits per heavy atom. The molecule has 5 nitrogen and oxygen atoms in total. The smallest absolute Gasteiger partial charge is 0.251 e. The van der Waals surface area contributed by atoms with E-state index in [1.165, 1.54) is 16.7 Å². The van der Waals surface area contributed by atoms with Crippen molar-refractivity contribution >= 4 is 21.8 Å². The highest BCUT2D eigenvalue weighted by molar-refractivity contribution is 9.10. The van der Waals surface area contributed by atoms with Gasteiger partial charge in [0.15, 0.2) is 11.6 Å². The Balaban J connectivity index is 1.47. The molecule has 1 saturated heterocycles. The summed E-state index contributed by atoms with van der Waals surface area (Å²) in [5.74, 6) is -1.88. The molecule has 0 unspecified atom stereocenters. The first kappa shape index (κ1) is 19.7. The van der Waals surface area contributed by atoms with Crippen molar-refractivity contribution in [3.63, 3.8) is 0 Å². The second kappa shape index (κ2) is 8.75. The van der Waals surface area contributed by atoms with Crippen LogP contribution in [-0.4, -0.2) is 34.5 Å². The number of likely N-dealkylation sites (tertiary alicyclic amines) is 1. The first-order valence-electron chi connectivity index (χ1n) is 8.72. The van der Waals surface area contributed by atoms with Crippen molar-refractivity contribution in [2.75, 3.05) is 13.1 Å². The van der Waals surface area contributed by atoms with Gasteiger partial charge in [-0.2, -0.15) is 0 Å². The molecular formula is C19H20BrF2N3O2. The Labute approximate surface area is 164 Å². The molecule has 1 aromatic heterocycles. The summed E-state index contributed by atoms with van der Waals surface area (Å²) < 4.78 is 28.4. The molecule has 144 valence electrons. The van der Waals surface area contributed by atoms with Crippen LogP contribution < -0.4 is 10.9 Å². The quantitative estimate of drug-likeness (QED) is 0.778. The monoisotopic (exact) mass is 439 g/mol. The van der Waals surface area contributed by atoms with Gasteiger partial charge in [0.05, 0.1) is 0 Å². The van der Waals surface area contributed by atoms with Crippen LogP contribution in [0.15, 0.2) is 45.8 Å². The lowest BCUT2D eigenvalue weighted by Gasteiger charge is -2.32. The minimum Gasteiger partial charge on any atom is -0.352 e. The lowest BCUT2D eigenvalue weighted by atomic mass is 10.0. The van der Waals surface area contributed by atoms with Crippen LogP contribution in [-0.2, 0) is 17.9 Å². The maximum atomic E-state index is 13.3. The van der Waals surface area contributed by atoms with Crippen LogP contribution in [0.2, 0.25) is 0 Å². The molecule has 0 saturated carbocycles. The predicted octanol–water partition coefficient (Wildman–Crippen LogP) is 2.67. The number of aromatic nitrogens is 1. The third kappa shape index (κ3) is 5.46. The molecule has 1 fully saturated rings. The lowest BCUT2D eigenvalue weighted by molar-refractivity contribution is -0.122. The van der Waals surface area contributed by atoms with Crippen LogP contribution in [0.3, 0.4) is 0 Å². The molecular weight excluding hydrogens is 420 g/mol. The Morgan fingerprint density at radius 3 is 2.59 bits per heavy atom. The largest absolute Gasteiger partial charge is 0.352 e. The standard InChI is InChI=1S/C19H20BrF2N3O2/c20-14-2-4-19(27)25(11-14)12-18(26)23-15-5-7-24(8-6-15)10-13-1-3-16(21)17(22)9-13/h1-4,9,11,15H,5-8,10,12H2,(H,23,26). The third-order valence-corrected chi connectivity index (χ3v) is 5.07. The summed E-state index contributed by atoms with van der Waals surface area (Å²) in [7, 11) is 0. The summed E-state index contributed by atoms with van der Waals surface area (Å²) in [5.41, 5.74) is 0.500. The molecule has 0 spiro atoms. The molecule has 2 aromatic rings. The summed E-state index contributed by atoms with van der Waals surface area (Å²) in [4.78, 5) is 26.1.